The number of morpholine rings is 1. The molecule has 1 aliphatic rings. The van der Waals surface area contributed by atoms with Gasteiger partial charge in [0.25, 0.3) is 0 Å². The lowest BCUT2D eigenvalue weighted by molar-refractivity contribution is 0.00752. The van der Waals surface area contributed by atoms with Gasteiger partial charge >= 0.3 is 0 Å². The van der Waals surface area contributed by atoms with Gasteiger partial charge in [-0.05, 0) is 18.4 Å². The molecule has 1 atom stereocenters. The Morgan fingerprint density at radius 2 is 1.87 bits per heavy atom. The highest BCUT2D eigenvalue weighted by atomic mass is 16.5. The summed E-state index contributed by atoms with van der Waals surface area (Å²) in [4.78, 5) is 7.33. The average Bonchev–Trinajstić information content (AvgIpc) is 3.08. The van der Waals surface area contributed by atoms with E-state index >= 15 is 0 Å². The van der Waals surface area contributed by atoms with Crippen LogP contribution >= 0.6 is 0 Å². The van der Waals surface area contributed by atoms with Crippen molar-refractivity contribution < 1.29 is 4.74 Å². The first-order valence-electron chi connectivity index (χ1n) is 10.8. The number of nitrogens with one attached hydrogen (secondary N) is 2. The van der Waals surface area contributed by atoms with Crippen LogP contribution in [0.25, 0.3) is 0 Å². The van der Waals surface area contributed by atoms with Crippen molar-refractivity contribution in [3.63, 3.8) is 0 Å². The maximum absolute atomic E-state index is 5.53. The van der Waals surface area contributed by atoms with Gasteiger partial charge in [-0.25, -0.2) is 4.99 Å². The van der Waals surface area contributed by atoms with Gasteiger partial charge < -0.3 is 19.9 Å². The number of aromatic nitrogens is 3. The fourth-order valence-corrected chi connectivity index (χ4v) is 3.59. The molecule has 164 valence electrons. The summed E-state index contributed by atoms with van der Waals surface area (Å²) >= 11 is 0. The molecule has 1 fully saturated rings. The zero-order chi connectivity index (χ0) is 21.3. The molecule has 0 spiro atoms. The fraction of sp³-hybridized carbons (Fsp3) is 0.591. The molecule has 30 heavy (non-hydrogen) atoms. The van der Waals surface area contributed by atoms with E-state index in [1.54, 1.807) is 0 Å². The summed E-state index contributed by atoms with van der Waals surface area (Å²) in [5, 5.41) is 15.4. The minimum absolute atomic E-state index is 0.426. The topological polar surface area (TPSA) is 79.6 Å². The van der Waals surface area contributed by atoms with Crippen LogP contribution in [0, 0.1) is 12.8 Å². The van der Waals surface area contributed by atoms with Crippen molar-refractivity contribution in [1.82, 2.24) is 30.3 Å². The van der Waals surface area contributed by atoms with Crippen LogP contribution in [0.3, 0.4) is 0 Å². The largest absolute Gasteiger partial charge is 0.379 e. The van der Waals surface area contributed by atoms with E-state index in [0.29, 0.717) is 25.0 Å². The lowest BCUT2D eigenvalue weighted by atomic mass is 10.0. The smallest absolute Gasteiger partial charge is 0.192 e. The second kappa shape index (κ2) is 11.1. The standard InChI is InChI=1S/C22H35N7O/c1-17(2)20(29-10-12-30-13-11-29)15-24-22(23-14-19-8-6-5-7-9-19)25-16-21-27-26-18(3)28(21)4/h5-9,17,20H,10-16H2,1-4H3,(H2,23,24,25). The molecule has 0 bridgehead atoms. The molecule has 8 nitrogen and oxygen atoms in total. The highest BCUT2D eigenvalue weighted by molar-refractivity contribution is 5.79. The fourth-order valence-electron chi connectivity index (χ4n) is 3.59. The molecule has 3 rings (SSSR count). The van der Waals surface area contributed by atoms with Crippen molar-refractivity contribution in [2.24, 2.45) is 18.0 Å². The van der Waals surface area contributed by atoms with E-state index in [2.05, 4.69) is 51.7 Å². The highest BCUT2D eigenvalue weighted by Crippen LogP contribution is 2.12. The lowest BCUT2D eigenvalue weighted by Crippen LogP contribution is -2.52. The minimum Gasteiger partial charge on any atom is -0.379 e. The Bertz CT molecular complexity index is 797. The summed E-state index contributed by atoms with van der Waals surface area (Å²) in [5.41, 5.74) is 1.18. The van der Waals surface area contributed by atoms with Gasteiger partial charge in [0, 0.05) is 32.7 Å². The van der Waals surface area contributed by atoms with Crippen LogP contribution in [0.5, 0.6) is 0 Å². The van der Waals surface area contributed by atoms with Crippen LogP contribution in [0.1, 0.15) is 31.1 Å². The first-order chi connectivity index (χ1) is 14.5. The van der Waals surface area contributed by atoms with Crippen molar-refractivity contribution in [2.75, 3.05) is 32.8 Å². The van der Waals surface area contributed by atoms with Gasteiger partial charge in [-0.3, -0.25) is 4.90 Å². The maximum atomic E-state index is 5.53. The van der Waals surface area contributed by atoms with E-state index in [9.17, 15) is 0 Å². The molecule has 1 unspecified atom stereocenters. The van der Waals surface area contributed by atoms with Crippen LogP contribution in [0.4, 0.5) is 0 Å². The molecule has 2 aromatic rings. The summed E-state index contributed by atoms with van der Waals surface area (Å²) < 4.78 is 7.52. The first-order valence-corrected chi connectivity index (χ1v) is 10.8. The zero-order valence-corrected chi connectivity index (χ0v) is 18.6. The molecule has 2 N–H and O–H groups in total. The van der Waals surface area contributed by atoms with Crippen LogP contribution in [-0.2, 0) is 24.9 Å². The predicted molar refractivity (Wildman–Crippen MR) is 119 cm³/mol. The quantitative estimate of drug-likeness (QED) is 0.507. The molecule has 1 aromatic heterocycles. The van der Waals surface area contributed by atoms with Gasteiger partial charge in [-0.15, -0.1) is 10.2 Å². The van der Waals surface area contributed by atoms with Gasteiger partial charge in [0.15, 0.2) is 11.8 Å². The van der Waals surface area contributed by atoms with Crippen molar-refractivity contribution in [3.05, 3.63) is 47.5 Å². The number of aliphatic imine (C=N–C) groups is 1. The molecular weight excluding hydrogens is 378 g/mol. The number of benzene rings is 1. The van der Waals surface area contributed by atoms with Crippen molar-refractivity contribution in [1.29, 1.82) is 0 Å². The van der Waals surface area contributed by atoms with E-state index in [-0.39, 0.29) is 0 Å². The molecule has 1 aromatic carbocycles. The summed E-state index contributed by atoms with van der Waals surface area (Å²) in [6.07, 6.45) is 0. The summed E-state index contributed by atoms with van der Waals surface area (Å²) in [7, 11) is 1.98. The van der Waals surface area contributed by atoms with Crippen LogP contribution in [0.2, 0.25) is 0 Å². The number of nitrogens with zero attached hydrogens (tertiary/aromatic N) is 5. The Balaban J connectivity index is 1.66. The minimum atomic E-state index is 0.426. The second-order valence-electron chi connectivity index (χ2n) is 8.07. The Morgan fingerprint density at radius 3 is 2.50 bits per heavy atom. The molecule has 0 amide bonds. The third kappa shape index (κ3) is 6.27. The number of hydrogen-bond acceptors (Lipinski definition) is 5. The van der Waals surface area contributed by atoms with E-state index in [0.717, 1.165) is 50.5 Å². The molecule has 0 aliphatic carbocycles. The monoisotopic (exact) mass is 413 g/mol. The van der Waals surface area contributed by atoms with E-state index in [4.69, 9.17) is 9.73 Å². The van der Waals surface area contributed by atoms with Gasteiger partial charge in [-0.1, -0.05) is 44.2 Å². The summed E-state index contributed by atoms with van der Waals surface area (Å²) in [6.45, 7) is 12.1. The Hall–Kier alpha value is -2.45. The van der Waals surface area contributed by atoms with Gasteiger partial charge in [0.1, 0.15) is 5.82 Å². The van der Waals surface area contributed by atoms with Crippen molar-refractivity contribution in [2.45, 2.75) is 39.9 Å². The number of hydrogen-bond donors (Lipinski definition) is 2. The van der Waals surface area contributed by atoms with Crippen LogP contribution < -0.4 is 10.6 Å². The zero-order valence-electron chi connectivity index (χ0n) is 18.6. The van der Waals surface area contributed by atoms with E-state index in [1.165, 1.54) is 5.56 Å². The summed E-state index contributed by atoms with van der Waals surface area (Å²) in [6, 6.07) is 10.7. The predicted octanol–water partition coefficient (Wildman–Crippen LogP) is 1.72. The summed E-state index contributed by atoms with van der Waals surface area (Å²) in [5.74, 6) is 3.11. The highest BCUT2D eigenvalue weighted by Gasteiger charge is 2.24. The van der Waals surface area contributed by atoms with Gasteiger partial charge in [-0.2, -0.15) is 0 Å². The van der Waals surface area contributed by atoms with Gasteiger partial charge in [0.2, 0.25) is 0 Å². The molecule has 1 saturated heterocycles. The van der Waals surface area contributed by atoms with Crippen molar-refractivity contribution >= 4 is 5.96 Å². The molecular formula is C22H35N7O. The molecule has 1 aliphatic heterocycles. The number of guanidine groups is 1. The Labute approximate surface area is 179 Å². The van der Waals surface area contributed by atoms with Crippen molar-refractivity contribution in [3.8, 4) is 0 Å². The number of aryl methyl sites for hydroxylation is 1. The maximum Gasteiger partial charge on any atom is 0.192 e. The Morgan fingerprint density at radius 1 is 1.13 bits per heavy atom. The lowest BCUT2D eigenvalue weighted by Gasteiger charge is -2.37. The van der Waals surface area contributed by atoms with E-state index < -0.39 is 0 Å². The molecule has 0 radical (unpaired) electrons. The average molecular weight is 414 g/mol. The van der Waals surface area contributed by atoms with Gasteiger partial charge in [0.05, 0.1) is 26.3 Å². The number of rotatable bonds is 8. The van der Waals surface area contributed by atoms with Crippen LogP contribution in [-0.4, -0.2) is 64.5 Å². The third-order valence-electron chi connectivity index (χ3n) is 5.62. The second-order valence-corrected chi connectivity index (χ2v) is 8.07. The van der Waals surface area contributed by atoms with Crippen LogP contribution in [0.15, 0.2) is 35.3 Å². The molecule has 0 saturated carbocycles. The SMILES string of the molecule is Cc1nnc(CNC(=NCc2ccccc2)NCC(C(C)C)N2CCOCC2)n1C. The third-order valence-corrected chi connectivity index (χ3v) is 5.62. The first kappa shape index (κ1) is 22.2. The molecule has 2 heterocycles. The Kier molecular flexibility index (Phi) is 8.21. The normalized spacial score (nSPS) is 16.6. The van der Waals surface area contributed by atoms with E-state index in [1.807, 2.05) is 36.7 Å². The number of ether oxygens (including phenoxy) is 1. The molecule has 8 heteroatoms.